The van der Waals surface area contributed by atoms with Gasteiger partial charge in [-0.05, 0) is 36.4 Å². The highest BCUT2D eigenvalue weighted by Crippen LogP contribution is 2.23. The minimum atomic E-state index is -0.552. The zero-order chi connectivity index (χ0) is 14.7. The lowest BCUT2D eigenvalue weighted by molar-refractivity contribution is 0.0995. The van der Waals surface area contributed by atoms with E-state index in [1.54, 1.807) is 18.3 Å². The van der Waals surface area contributed by atoms with Gasteiger partial charge >= 0.3 is 0 Å². The van der Waals surface area contributed by atoms with Crippen LogP contribution in [0.1, 0.15) is 16.1 Å². The maximum absolute atomic E-state index is 11.1. The summed E-state index contributed by atoms with van der Waals surface area (Å²) < 4.78 is 0. The number of amides is 1. The molecule has 2 aromatic rings. The number of benzene rings is 1. The van der Waals surface area contributed by atoms with Gasteiger partial charge in [0.15, 0.2) is 0 Å². The molecule has 0 aliphatic heterocycles. The third-order valence-corrected chi connectivity index (χ3v) is 3.16. The van der Waals surface area contributed by atoms with Crippen molar-refractivity contribution in [3.05, 3.63) is 53.9 Å². The molecule has 1 heterocycles. The lowest BCUT2D eigenvalue weighted by Crippen LogP contribution is -2.15. The van der Waals surface area contributed by atoms with Crippen LogP contribution in [0.5, 0.6) is 0 Å². The van der Waals surface area contributed by atoms with E-state index in [-0.39, 0.29) is 5.69 Å². The van der Waals surface area contributed by atoms with Gasteiger partial charge < -0.3 is 16.4 Å². The molecule has 1 aromatic heterocycles. The van der Waals surface area contributed by atoms with Gasteiger partial charge in [-0.15, -0.1) is 0 Å². The molecule has 0 radical (unpaired) electrons. The number of anilines is 2. The Balaban J connectivity index is 2.30. The number of nitrogens with two attached hydrogens (primary N) is 2. The number of rotatable bonds is 4. The highest BCUT2D eigenvalue weighted by molar-refractivity contribution is 7.80. The highest BCUT2D eigenvalue weighted by Gasteiger charge is 2.08. The van der Waals surface area contributed by atoms with Gasteiger partial charge in [-0.2, -0.15) is 0 Å². The Bertz CT molecular complexity index is 654. The van der Waals surface area contributed by atoms with Crippen LogP contribution in [0.25, 0.3) is 0 Å². The fourth-order valence-electron chi connectivity index (χ4n) is 1.76. The Morgan fingerprint density at radius 1 is 1.15 bits per heavy atom. The van der Waals surface area contributed by atoms with Gasteiger partial charge in [-0.25, -0.2) is 0 Å². The van der Waals surface area contributed by atoms with Gasteiger partial charge in [-0.1, -0.05) is 12.2 Å². The molecule has 2 rings (SSSR count). The van der Waals surface area contributed by atoms with Crippen molar-refractivity contribution in [2.24, 2.45) is 11.5 Å². The number of aromatic nitrogens is 1. The van der Waals surface area contributed by atoms with Gasteiger partial charge in [0.2, 0.25) is 0 Å². The van der Waals surface area contributed by atoms with E-state index in [4.69, 9.17) is 23.7 Å². The molecule has 0 bridgehead atoms. The second-order valence-electron chi connectivity index (χ2n) is 4.23. The molecule has 0 fully saturated rings. The predicted octanol–water partition coefficient (Wildman–Crippen LogP) is 1.58. The molecule has 6 heteroatoms. The molecule has 0 unspecified atom stereocenters. The fourth-order valence-corrected chi connectivity index (χ4v) is 1.90. The zero-order valence-corrected chi connectivity index (χ0v) is 11.7. The van der Waals surface area contributed by atoms with Gasteiger partial charge in [0.1, 0.15) is 10.7 Å². The number of primary amides is 1. The molecule has 0 atom stereocenters. The second-order valence-corrected chi connectivity index (χ2v) is 4.67. The molecule has 0 saturated heterocycles. The van der Waals surface area contributed by atoms with Crippen molar-refractivity contribution in [3.63, 3.8) is 0 Å². The molecule has 0 saturated carbocycles. The summed E-state index contributed by atoms with van der Waals surface area (Å²) >= 11 is 4.91. The van der Waals surface area contributed by atoms with Gasteiger partial charge in [0.05, 0.1) is 0 Å². The van der Waals surface area contributed by atoms with Crippen molar-refractivity contribution in [1.29, 1.82) is 0 Å². The Hall–Kier alpha value is -2.47. The third kappa shape index (κ3) is 2.92. The average molecular weight is 286 g/mol. The fraction of sp³-hybridized carbons (Fsp3) is 0.0714. The van der Waals surface area contributed by atoms with Crippen molar-refractivity contribution in [2.75, 3.05) is 11.9 Å². The first-order valence-electron chi connectivity index (χ1n) is 5.88. The molecular weight excluding hydrogens is 272 g/mol. The monoisotopic (exact) mass is 286 g/mol. The largest absolute Gasteiger partial charge is 0.389 e. The minimum absolute atomic E-state index is 0.231. The molecule has 5 nitrogen and oxygen atoms in total. The number of hydrogen-bond donors (Lipinski definition) is 2. The van der Waals surface area contributed by atoms with E-state index in [1.165, 1.54) is 0 Å². The topological polar surface area (TPSA) is 85.2 Å². The summed E-state index contributed by atoms with van der Waals surface area (Å²) in [5, 5.41) is 0. The van der Waals surface area contributed by atoms with E-state index in [0.29, 0.717) is 4.99 Å². The Morgan fingerprint density at radius 2 is 1.80 bits per heavy atom. The first kappa shape index (κ1) is 14.0. The molecule has 0 spiro atoms. The third-order valence-electron chi connectivity index (χ3n) is 2.92. The summed E-state index contributed by atoms with van der Waals surface area (Å²) in [5.41, 5.74) is 13.6. The first-order valence-corrected chi connectivity index (χ1v) is 6.29. The molecular formula is C14H14N4OS. The van der Waals surface area contributed by atoms with E-state index in [2.05, 4.69) is 4.98 Å². The number of carbonyl (C=O) groups is 1. The van der Waals surface area contributed by atoms with Crippen LogP contribution in [0.15, 0.2) is 42.6 Å². The summed E-state index contributed by atoms with van der Waals surface area (Å²) in [4.78, 5) is 17.3. The van der Waals surface area contributed by atoms with Gasteiger partial charge in [0.25, 0.3) is 5.91 Å². The van der Waals surface area contributed by atoms with Gasteiger partial charge in [-0.3, -0.25) is 9.78 Å². The summed E-state index contributed by atoms with van der Waals surface area (Å²) in [6.45, 7) is 0. The minimum Gasteiger partial charge on any atom is -0.389 e. The van der Waals surface area contributed by atoms with Crippen LogP contribution in [0.4, 0.5) is 11.4 Å². The van der Waals surface area contributed by atoms with E-state index < -0.39 is 5.91 Å². The van der Waals surface area contributed by atoms with Crippen LogP contribution in [0, 0.1) is 0 Å². The normalized spacial score (nSPS) is 10.1. The lowest BCUT2D eigenvalue weighted by Gasteiger charge is -2.20. The Kier molecular flexibility index (Phi) is 3.95. The molecule has 20 heavy (non-hydrogen) atoms. The Morgan fingerprint density at radius 3 is 2.35 bits per heavy atom. The molecule has 4 N–H and O–H groups in total. The van der Waals surface area contributed by atoms with Crippen molar-refractivity contribution in [3.8, 4) is 0 Å². The van der Waals surface area contributed by atoms with Crippen molar-refractivity contribution in [2.45, 2.75) is 0 Å². The summed E-state index contributed by atoms with van der Waals surface area (Å²) in [6.07, 6.45) is 1.55. The van der Waals surface area contributed by atoms with E-state index in [1.807, 2.05) is 36.2 Å². The maximum Gasteiger partial charge on any atom is 0.267 e. The Labute approximate surface area is 122 Å². The van der Waals surface area contributed by atoms with E-state index >= 15 is 0 Å². The van der Waals surface area contributed by atoms with Crippen molar-refractivity contribution < 1.29 is 4.79 Å². The van der Waals surface area contributed by atoms with Crippen LogP contribution in [0.2, 0.25) is 0 Å². The molecule has 102 valence electrons. The number of nitrogens with zero attached hydrogens (tertiary/aromatic N) is 2. The zero-order valence-electron chi connectivity index (χ0n) is 10.9. The molecule has 0 aliphatic rings. The van der Waals surface area contributed by atoms with Crippen LogP contribution in [-0.4, -0.2) is 22.9 Å². The second kappa shape index (κ2) is 5.66. The molecule has 1 aromatic carbocycles. The van der Waals surface area contributed by atoms with Crippen molar-refractivity contribution >= 4 is 34.5 Å². The van der Waals surface area contributed by atoms with Gasteiger partial charge in [0, 0.05) is 30.2 Å². The van der Waals surface area contributed by atoms with E-state index in [9.17, 15) is 4.79 Å². The number of hydrogen-bond acceptors (Lipinski definition) is 4. The maximum atomic E-state index is 11.1. The summed E-state index contributed by atoms with van der Waals surface area (Å²) in [5.74, 6) is -0.552. The van der Waals surface area contributed by atoms with Crippen molar-refractivity contribution in [1.82, 2.24) is 4.98 Å². The lowest BCUT2D eigenvalue weighted by atomic mass is 10.2. The summed E-state index contributed by atoms with van der Waals surface area (Å²) in [7, 11) is 1.88. The van der Waals surface area contributed by atoms with E-state index in [0.717, 1.165) is 16.9 Å². The SMILES string of the molecule is CN(c1ccc(C(N)=S)cc1)c1ccnc(C(N)=O)c1. The predicted molar refractivity (Wildman–Crippen MR) is 83.1 cm³/mol. The van der Waals surface area contributed by atoms with Crippen LogP contribution >= 0.6 is 12.2 Å². The molecule has 0 aliphatic carbocycles. The number of pyridine rings is 1. The quantitative estimate of drug-likeness (QED) is 0.834. The summed E-state index contributed by atoms with van der Waals surface area (Å²) in [6, 6.07) is 10.9. The first-order chi connectivity index (χ1) is 9.49. The van der Waals surface area contributed by atoms with Crippen LogP contribution in [-0.2, 0) is 0 Å². The smallest absolute Gasteiger partial charge is 0.267 e. The highest BCUT2D eigenvalue weighted by atomic mass is 32.1. The van der Waals surface area contributed by atoms with Crippen LogP contribution < -0.4 is 16.4 Å². The molecule has 1 amide bonds. The number of carbonyl (C=O) groups excluding carboxylic acids is 1. The average Bonchev–Trinajstić information content (AvgIpc) is 2.46. The van der Waals surface area contributed by atoms with Crippen LogP contribution in [0.3, 0.4) is 0 Å². The standard InChI is InChI=1S/C14H14N4OS/c1-18(10-4-2-9(3-5-10)14(16)20)11-6-7-17-12(8-11)13(15)19/h2-8H,1H3,(H2,15,19)(H2,16,20). The number of thiocarbonyl (C=S) groups is 1.